The van der Waals surface area contributed by atoms with Gasteiger partial charge in [0.05, 0.1) is 59.3 Å². The van der Waals surface area contributed by atoms with Crippen LogP contribution in [-0.4, -0.2) is 71.9 Å². The molecular weight excluding hydrogens is 450 g/mol. The van der Waals surface area contributed by atoms with Crippen LogP contribution in [0.2, 0.25) is 0 Å². The maximum Gasteiger partial charge on any atom is 0.178 e. The molecule has 35 heavy (non-hydrogen) atoms. The summed E-state index contributed by atoms with van der Waals surface area (Å²) in [6.45, 7) is 11.4. The Kier molecular flexibility index (Phi) is 11.4. The van der Waals surface area contributed by atoms with Gasteiger partial charge in [-0.3, -0.25) is 4.79 Å². The molecule has 1 aliphatic heterocycles. The van der Waals surface area contributed by atoms with Gasteiger partial charge in [0.25, 0.3) is 0 Å². The number of hydrogen-bond donors (Lipinski definition) is 0. The zero-order valence-electron chi connectivity index (χ0n) is 21.2. The molecule has 1 aromatic carbocycles. The van der Waals surface area contributed by atoms with E-state index in [2.05, 4.69) is 37.5 Å². The van der Waals surface area contributed by atoms with Crippen molar-refractivity contribution in [1.82, 2.24) is 0 Å². The normalized spacial score (nSPS) is 16.8. The molecule has 2 aromatic rings. The highest BCUT2D eigenvalue weighted by atomic mass is 16.6. The quantitative estimate of drug-likeness (QED) is 0.484. The van der Waals surface area contributed by atoms with Crippen molar-refractivity contribution in [3.05, 3.63) is 52.8 Å². The fraction of sp³-hybridized carbons (Fsp3) is 0.556. The maximum absolute atomic E-state index is 13.0. The third kappa shape index (κ3) is 9.22. The van der Waals surface area contributed by atoms with E-state index in [-0.39, 0.29) is 5.78 Å². The van der Waals surface area contributed by atoms with Crippen LogP contribution in [0.3, 0.4) is 0 Å². The first-order valence-electron chi connectivity index (χ1n) is 12.3. The van der Waals surface area contributed by atoms with Crippen molar-refractivity contribution < 1.29 is 37.8 Å². The Morgan fingerprint density at radius 2 is 1.17 bits per heavy atom. The van der Waals surface area contributed by atoms with Gasteiger partial charge in [0.2, 0.25) is 0 Å². The Hall–Kier alpha value is -2.52. The van der Waals surface area contributed by atoms with Gasteiger partial charge in [0.15, 0.2) is 35.2 Å². The lowest BCUT2D eigenvalue weighted by Crippen LogP contribution is -2.41. The Balaban J connectivity index is 1.63. The largest absolute Gasteiger partial charge is 0.487 e. The molecule has 2 heterocycles. The number of carbonyl (C=O) groups excluding carboxylic acids is 1. The summed E-state index contributed by atoms with van der Waals surface area (Å²) in [5.41, 5.74) is 4.11. The predicted octanol–water partition coefficient (Wildman–Crippen LogP) is 3.01. The third-order valence-electron chi connectivity index (χ3n) is 5.64. The van der Waals surface area contributed by atoms with Crippen molar-refractivity contribution in [2.45, 2.75) is 33.7 Å². The highest BCUT2D eigenvalue weighted by Crippen LogP contribution is 2.29. The van der Waals surface area contributed by atoms with E-state index in [1.165, 1.54) is 5.56 Å². The fourth-order valence-electron chi connectivity index (χ4n) is 3.94. The monoisotopic (exact) mass is 488 g/mol. The molecule has 0 N–H and O–H groups in total. The van der Waals surface area contributed by atoms with E-state index in [1.807, 2.05) is 0 Å². The summed E-state index contributed by atoms with van der Waals surface area (Å²) in [7, 11) is 0. The Morgan fingerprint density at radius 3 is 1.71 bits per heavy atom. The van der Waals surface area contributed by atoms with Crippen molar-refractivity contribution >= 4 is 5.78 Å². The maximum atomic E-state index is 13.0. The van der Waals surface area contributed by atoms with Gasteiger partial charge in [-0.25, -0.2) is 0 Å². The minimum Gasteiger partial charge on any atom is -0.487 e. The van der Waals surface area contributed by atoms with E-state index >= 15 is 0 Å². The van der Waals surface area contributed by atoms with Crippen LogP contribution in [-0.2, 0) is 25.5 Å². The zero-order chi connectivity index (χ0) is 24.9. The molecule has 0 saturated carbocycles. The molecule has 0 aliphatic carbocycles. The van der Waals surface area contributed by atoms with E-state index in [0.29, 0.717) is 96.1 Å². The lowest BCUT2D eigenvalue weighted by atomic mass is 10.1. The van der Waals surface area contributed by atoms with Gasteiger partial charge in [-0.1, -0.05) is 0 Å². The van der Waals surface area contributed by atoms with Crippen LogP contribution >= 0.6 is 0 Å². The van der Waals surface area contributed by atoms with Crippen LogP contribution in [0.1, 0.15) is 33.7 Å². The van der Waals surface area contributed by atoms with Crippen LogP contribution in [0.25, 0.3) is 0 Å². The number of pyridine rings is 1. The molecule has 1 aromatic heterocycles. The van der Waals surface area contributed by atoms with Crippen molar-refractivity contribution in [2.24, 2.45) is 0 Å². The summed E-state index contributed by atoms with van der Waals surface area (Å²) < 4.78 is 36.0. The summed E-state index contributed by atoms with van der Waals surface area (Å²) in [5, 5.41) is 0. The van der Waals surface area contributed by atoms with Crippen LogP contribution in [0.15, 0.2) is 30.3 Å². The number of hydrogen-bond acceptors (Lipinski definition) is 7. The van der Waals surface area contributed by atoms with Gasteiger partial charge in [-0.15, -0.1) is 0 Å². The SMILES string of the molecule is Cc1cc(C)[n+](CCC(=O)c2ccc3c(c2)OCCOCCOCCOCCOCCO3)c(C)c1. The van der Waals surface area contributed by atoms with E-state index in [1.54, 1.807) is 18.2 Å². The molecule has 3 rings (SSSR count). The van der Waals surface area contributed by atoms with Gasteiger partial charge in [-0.2, -0.15) is 4.57 Å². The zero-order valence-corrected chi connectivity index (χ0v) is 21.2. The van der Waals surface area contributed by atoms with Gasteiger partial charge in [-0.05, 0) is 30.7 Å². The van der Waals surface area contributed by atoms with Crippen LogP contribution in [0.5, 0.6) is 11.5 Å². The molecule has 0 saturated heterocycles. The molecule has 0 fully saturated rings. The third-order valence-corrected chi connectivity index (χ3v) is 5.64. The summed E-state index contributed by atoms with van der Waals surface area (Å²) in [6.07, 6.45) is 0.397. The van der Waals surface area contributed by atoms with Gasteiger partial charge in [0.1, 0.15) is 13.2 Å². The van der Waals surface area contributed by atoms with Crippen LogP contribution in [0, 0.1) is 20.8 Å². The topological polar surface area (TPSA) is 76.3 Å². The highest BCUT2D eigenvalue weighted by molar-refractivity contribution is 5.96. The second kappa shape index (κ2) is 14.8. The predicted molar refractivity (Wildman–Crippen MR) is 131 cm³/mol. The number of Topliss-reactive ketones (excluding diaryl/α,β-unsaturated/α-hetero) is 1. The number of nitrogens with zero attached hydrogens (tertiary/aromatic N) is 1. The van der Waals surface area contributed by atoms with Crippen molar-refractivity contribution in [2.75, 3.05) is 66.1 Å². The lowest BCUT2D eigenvalue weighted by Gasteiger charge is -2.15. The number of benzene rings is 1. The molecule has 1 aliphatic rings. The van der Waals surface area contributed by atoms with Crippen molar-refractivity contribution in [3.63, 3.8) is 0 Å². The van der Waals surface area contributed by atoms with E-state index in [9.17, 15) is 4.79 Å². The number of ketones is 1. The number of rotatable bonds is 4. The average Bonchev–Trinajstić information content (AvgIpc) is 2.83. The van der Waals surface area contributed by atoms with Crippen molar-refractivity contribution in [3.8, 4) is 11.5 Å². The molecule has 8 nitrogen and oxygen atoms in total. The van der Waals surface area contributed by atoms with Gasteiger partial charge in [0, 0.05) is 31.5 Å². The van der Waals surface area contributed by atoms with E-state index in [0.717, 1.165) is 11.4 Å². The minimum absolute atomic E-state index is 0.0551. The number of fused-ring (bicyclic) bond motifs is 1. The minimum atomic E-state index is 0.0551. The average molecular weight is 489 g/mol. The van der Waals surface area contributed by atoms with Gasteiger partial charge >= 0.3 is 0 Å². The highest BCUT2D eigenvalue weighted by Gasteiger charge is 2.17. The van der Waals surface area contributed by atoms with E-state index < -0.39 is 0 Å². The van der Waals surface area contributed by atoms with Gasteiger partial charge < -0.3 is 28.4 Å². The lowest BCUT2D eigenvalue weighted by molar-refractivity contribution is -0.707. The summed E-state index contributed by atoms with van der Waals surface area (Å²) in [6, 6.07) is 9.60. The molecule has 0 amide bonds. The number of aromatic nitrogens is 1. The standard InChI is InChI=1S/C27H38NO7/c1-21-18-22(2)28(23(3)19-21)7-6-25(29)24-4-5-26-27(20-24)35-17-15-33-13-11-31-9-8-30-10-12-32-14-16-34-26/h4-5,18-20H,6-17H2,1-3H3/q+1. The second-order valence-electron chi connectivity index (χ2n) is 8.45. The molecule has 192 valence electrons. The number of carbonyl (C=O) groups is 1. The first kappa shape index (κ1) is 27.1. The molecular formula is C27H38NO7+. The fourth-order valence-corrected chi connectivity index (χ4v) is 3.94. The molecule has 0 unspecified atom stereocenters. The Morgan fingerprint density at radius 1 is 0.686 bits per heavy atom. The van der Waals surface area contributed by atoms with Crippen LogP contribution < -0.4 is 14.0 Å². The molecule has 0 radical (unpaired) electrons. The molecule has 0 atom stereocenters. The first-order chi connectivity index (χ1) is 17.0. The summed E-state index contributed by atoms with van der Waals surface area (Å²) >= 11 is 0. The number of aryl methyl sites for hydroxylation is 3. The Bertz CT molecular complexity index is 924. The second-order valence-corrected chi connectivity index (χ2v) is 8.45. The summed E-state index contributed by atoms with van der Waals surface area (Å²) in [5.74, 6) is 1.15. The van der Waals surface area contributed by atoms with E-state index in [4.69, 9.17) is 28.4 Å². The van der Waals surface area contributed by atoms with Crippen LogP contribution in [0.4, 0.5) is 0 Å². The smallest absolute Gasteiger partial charge is 0.178 e. The Labute approximate surface area is 208 Å². The van der Waals surface area contributed by atoms with Crippen molar-refractivity contribution in [1.29, 1.82) is 0 Å². The molecule has 0 bridgehead atoms. The first-order valence-corrected chi connectivity index (χ1v) is 12.3. The molecule has 8 heteroatoms. The molecule has 0 spiro atoms. The summed E-state index contributed by atoms with van der Waals surface area (Å²) in [4.78, 5) is 13.0. The number of ether oxygens (including phenoxy) is 6.